The summed E-state index contributed by atoms with van der Waals surface area (Å²) in [6, 6.07) is 12.1. The van der Waals surface area contributed by atoms with Gasteiger partial charge in [-0.25, -0.2) is 4.99 Å². The summed E-state index contributed by atoms with van der Waals surface area (Å²) in [6.45, 7) is 1.03. The molecule has 1 heterocycles. The largest absolute Gasteiger partial charge is 0.490 e. The summed E-state index contributed by atoms with van der Waals surface area (Å²) in [4.78, 5) is 17.2. The van der Waals surface area contributed by atoms with Gasteiger partial charge in [0, 0.05) is 0 Å². The van der Waals surface area contributed by atoms with Crippen molar-refractivity contribution in [3.05, 3.63) is 58.5 Å². The molecule has 8 heteroatoms. The van der Waals surface area contributed by atoms with Gasteiger partial charge in [-0.1, -0.05) is 24.3 Å². The molecule has 0 saturated carbocycles. The van der Waals surface area contributed by atoms with Crippen molar-refractivity contribution in [2.75, 3.05) is 6.61 Å². The van der Waals surface area contributed by atoms with Crippen molar-refractivity contribution in [3.8, 4) is 11.5 Å². The van der Waals surface area contributed by atoms with Gasteiger partial charge >= 0.3 is 6.61 Å². The first-order chi connectivity index (χ1) is 13.5. The second kappa shape index (κ2) is 8.88. The highest BCUT2D eigenvalue weighted by molar-refractivity contribution is 8.18. The van der Waals surface area contributed by atoms with Gasteiger partial charge < -0.3 is 14.8 Å². The zero-order valence-electron chi connectivity index (χ0n) is 15.2. The van der Waals surface area contributed by atoms with E-state index in [1.807, 2.05) is 31.2 Å². The van der Waals surface area contributed by atoms with E-state index in [0.717, 1.165) is 11.3 Å². The lowest BCUT2D eigenvalue weighted by Gasteiger charge is -2.11. The summed E-state index contributed by atoms with van der Waals surface area (Å²) in [5.74, 6) is -0.137. The third-order valence-corrected chi connectivity index (χ3v) is 4.68. The third-order valence-electron chi connectivity index (χ3n) is 3.77. The van der Waals surface area contributed by atoms with Crippen LogP contribution in [0.5, 0.6) is 11.5 Å². The number of nitrogens with one attached hydrogen (secondary N) is 1. The van der Waals surface area contributed by atoms with Gasteiger partial charge in [0.25, 0.3) is 5.91 Å². The number of amidine groups is 1. The molecule has 1 aliphatic rings. The molecule has 0 aromatic heterocycles. The number of amides is 1. The average Bonchev–Trinajstić information content (AvgIpc) is 2.98. The monoisotopic (exact) mass is 404 g/mol. The molecule has 1 aliphatic heterocycles. The highest BCUT2D eigenvalue weighted by atomic mass is 32.2. The van der Waals surface area contributed by atoms with Crippen LogP contribution < -0.4 is 14.8 Å². The number of nitrogens with zero attached hydrogens (tertiary/aromatic N) is 1. The Labute approximate surface area is 165 Å². The molecule has 146 valence electrons. The maximum absolute atomic E-state index is 12.5. The molecule has 0 radical (unpaired) electrons. The second-order valence-electron chi connectivity index (χ2n) is 5.79. The van der Waals surface area contributed by atoms with Crippen molar-refractivity contribution in [1.29, 1.82) is 0 Å². The van der Waals surface area contributed by atoms with Crippen LogP contribution >= 0.6 is 11.8 Å². The fraction of sp³-hybridized carbons (Fsp3) is 0.200. The van der Waals surface area contributed by atoms with Gasteiger partial charge in [0.2, 0.25) is 0 Å². The number of alkyl halides is 2. The third kappa shape index (κ3) is 4.89. The molecule has 3 rings (SSSR count). The average molecular weight is 404 g/mol. The lowest BCUT2D eigenvalue weighted by atomic mass is 10.2. The van der Waals surface area contributed by atoms with Crippen LogP contribution in [0.25, 0.3) is 6.08 Å². The van der Waals surface area contributed by atoms with Crippen molar-refractivity contribution in [3.63, 3.8) is 0 Å². The van der Waals surface area contributed by atoms with Gasteiger partial charge in [0.1, 0.15) is 0 Å². The fourth-order valence-electron chi connectivity index (χ4n) is 2.51. The predicted octanol–water partition coefficient (Wildman–Crippen LogP) is 4.89. The van der Waals surface area contributed by atoms with E-state index in [1.165, 1.54) is 17.8 Å². The quantitative estimate of drug-likeness (QED) is 0.697. The minimum atomic E-state index is -2.94. The SMILES string of the molecule is CCOc1cc(C=C2SC(=Nc3ccccc3C)NC2=O)ccc1OC(F)F. The molecule has 5 nitrogen and oxygen atoms in total. The summed E-state index contributed by atoms with van der Waals surface area (Å²) in [5, 5.41) is 3.21. The molecule has 1 fully saturated rings. The number of hydrogen-bond acceptors (Lipinski definition) is 5. The van der Waals surface area contributed by atoms with Crippen LogP contribution in [-0.4, -0.2) is 24.3 Å². The minimum absolute atomic E-state index is 0.0515. The molecule has 1 saturated heterocycles. The maximum atomic E-state index is 12.5. The summed E-state index contributed by atoms with van der Waals surface area (Å²) in [6.07, 6.45) is 1.65. The van der Waals surface area contributed by atoms with Gasteiger partial charge in [-0.2, -0.15) is 8.78 Å². The van der Waals surface area contributed by atoms with Crippen molar-refractivity contribution in [2.24, 2.45) is 4.99 Å². The number of aliphatic imine (C=N–C) groups is 1. The highest BCUT2D eigenvalue weighted by Crippen LogP contribution is 2.33. The van der Waals surface area contributed by atoms with Crippen molar-refractivity contribution >= 4 is 34.6 Å². The first-order valence-electron chi connectivity index (χ1n) is 8.53. The number of hydrogen-bond donors (Lipinski definition) is 1. The van der Waals surface area contributed by atoms with E-state index in [0.29, 0.717) is 22.2 Å². The van der Waals surface area contributed by atoms with Crippen molar-refractivity contribution < 1.29 is 23.0 Å². The first kappa shape index (κ1) is 19.9. The maximum Gasteiger partial charge on any atom is 0.387 e. The lowest BCUT2D eigenvalue weighted by molar-refractivity contribution is -0.115. The Morgan fingerprint density at radius 2 is 2.00 bits per heavy atom. The summed E-state index contributed by atoms with van der Waals surface area (Å²) < 4.78 is 34.8. The molecule has 2 aromatic carbocycles. The number of thioether (sulfide) groups is 1. The van der Waals surface area contributed by atoms with Gasteiger partial charge in [-0.3, -0.25) is 4.79 Å². The van der Waals surface area contributed by atoms with E-state index in [-0.39, 0.29) is 17.4 Å². The molecule has 0 atom stereocenters. The molecule has 0 spiro atoms. The first-order valence-corrected chi connectivity index (χ1v) is 9.34. The smallest absolute Gasteiger partial charge is 0.387 e. The Kier molecular flexibility index (Phi) is 6.30. The number of para-hydroxylation sites is 1. The van der Waals surface area contributed by atoms with Gasteiger partial charge in [-0.05, 0) is 61.0 Å². The molecular weight excluding hydrogens is 386 g/mol. The van der Waals surface area contributed by atoms with E-state index in [9.17, 15) is 13.6 Å². The zero-order chi connectivity index (χ0) is 20.1. The Bertz CT molecular complexity index is 945. The van der Waals surface area contributed by atoms with Crippen LogP contribution in [0.1, 0.15) is 18.1 Å². The number of carbonyl (C=O) groups excluding carboxylic acids is 1. The second-order valence-corrected chi connectivity index (χ2v) is 6.82. The molecular formula is C20H18F2N2O3S. The topological polar surface area (TPSA) is 59.9 Å². The molecule has 0 bridgehead atoms. The number of aryl methyl sites for hydroxylation is 1. The standard InChI is InChI=1S/C20H18F2N2O3S/c1-3-26-16-10-13(8-9-15(16)27-19(21)22)11-17-18(25)24-20(28-17)23-14-7-5-4-6-12(14)2/h4-11,19H,3H2,1-2H3,(H,23,24,25). The number of rotatable bonds is 6. The minimum Gasteiger partial charge on any atom is -0.490 e. The summed E-state index contributed by atoms with van der Waals surface area (Å²) in [7, 11) is 0. The van der Waals surface area contributed by atoms with E-state index >= 15 is 0 Å². The van der Waals surface area contributed by atoms with E-state index < -0.39 is 6.61 Å². The number of ether oxygens (including phenoxy) is 2. The Hall–Kier alpha value is -2.87. The van der Waals surface area contributed by atoms with Gasteiger partial charge in [0.15, 0.2) is 16.7 Å². The Balaban J connectivity index is 1.84. The Morgan fingerprint density at radius 1 is 1.21 bits per heavy atom. The fourth-order valence-corrected chi connectivity index (χ4v) is 3.34. The van der Waals surface area contributed by atoms with E-state index in [4.69, 9.17) is 4.74 Å². The number of benzene rings is 2. The number of carbonyl (C=O) groups is 1. The van der Waals surface area contributed by atoms with E-state index in [2.05, 4.69) is 15.0 Å². The van der Waals surface area contributed by atoms with Crippen LogP contribution in [0.2, 0.25) is 0 Å². The molecule has 28 heavy (non-hydrogen) atoms. The van der Waals surface area contributed by atoms with E-state index in [1.54, 1.807) is 25.1 Å². The van der Waals surface area contributed by atoms with Gasteiger partial charge in [0.05, 0.1) is 17.2 Å². The zero-order valence-corrected chi connectivity index (χ0v) is 16.1. The van der Waals surface area contributed by atoms with Crippen LogP contribution in [0.4, 0.5) is 14.5 Å². The molecule has 0 unspecified atom stereocenters. The highest BCUT2D eigenvalue weighted by Gasteiger charge is 2.24. The van der Waals surface area contributed by atoms with Crippen LogP contribution in [-0.2, 0) is 4.79 Å². The van der Waals surface area contributed by atoms with Gasteiger partial charge in [-0.15, -0.1) is 0 Å². The van der Waals surface area contributed by atoms with Crippen molar-refractivity contribution in [2.45, 2.75) is 20.5 Å². The van der Waals surface area contributed by atoms with Crippen LogP contribution in [0.3, 0.4) is 0 Å². The summed E-state index contributed by atoms with van der Waals surface area (Å²) >= 11 is 1.21. The predicted molar refractivity (Wildman–Crippen MR) is 106 cm³/mol. The van der Waals surface area contributed by atoms with Crippen LogP contribution in [0.15, 0.2) is 52.4 Å². The molecule has 1 N–H and O–H groups in total. The summed E-state index contributed by atoms with van der Waals surface area (Å²) in [5.41, 5.74) is 2.40. The Morgan fingerprint density at radius 3 is 2.71 bits per heavy atom. The van der Waals surface area contributed by atoms with Crippen LogP contribution in [0, 0.1) is 6.92 Å². The molecule has 2 aromatic rings. The molecule has 0 aliphatic carbocycles. The van der Waals surface area contributed by atoms with Crippen molar-refractivity contribution in [1.82, 2.24) is 5.32 Å². The lowest BCUT2D eigenvalue weighted by Crippen LogP contribution is -2.19. The molecule has 1 amide bonds. The normalized spacial score (nSPS) is 16.7. The number of halogens is 2.